The van der Waals surface area contributed by atoms with Gasteiger partial charge in [-0.1, -0.05) is 42.1 Å². The first-order valence-corrected chi connectivity index (χ1v) is 10.6. The number of nitrogens with one attached hydrogen (secondary N) is 2. The molecule has 3 aromatic rings. The summed E-state index contributed by atoms with van der Waals surface area (Å²) >= 11 is 1.29. The summed E-state index contributed by atoms with van der Waals surface area (Å²) in [6.45, 7) is 0.845. The lowest BCUT2D eigenvalue weighted by Crippen LogP contribution is -2.25. The van der Waals surface area contributed by atoms with E-state index in [0.717, 1.165) is 5.56 Å². The average molecular weight is 439 g/mol. The molecular weight excluding hydrogens is 418 g/mol. The lowest BCUT2D eigenvalue weighted by molar-refractivity contribution is -0.118. The number of nitrogens with zero attached hydrogens (tertiary/aromatic N) is 3. The van der Waals surface area contributed by atoms with Crippen LogP contribution in [0, 0.1) is 0 Å². The van der Waals surface area contributed by atoms with E-state index in [1.807, 2.05) is 30.3 Å². The number of ether oxygens (including phenoxy) is 2. The van der Waals surface area contributed by atoms with Gasteiger partial charge in [0.25, 0.3) is 5.91 Å². The van der Waals surface area contributed by atoms with Crippen LogP contribution in [0.3, 0.4) is 0 Å². The molecule has 0 aliphatic carbocycles. The Hall–Kier alpha value is -3.53. The molecule has 0 unspecified atom stereocenters. The third-order valence-electron chi connectivity index (χ3n) is 4.63. The molecule has 1 aliphatic rings. The van der Waals surface area contributed by atoms with Gasteiger partial charge in [0, 0.05) is 19.2 Å². The van der Waals surface area contributed by atoms with E-state index < -0.39 is 0 Å². The van der Waals surface area contributed by atoms with Gasteiger partial charge in [-0.25, -0.2) is 0 Å². The van der Waals surface area contributed by atoms with E-state index in [9.17, 15) is 9.59 Å². The first-order chi connectivity index (χ1) is 15.1. The van der Waals surface area contributed by atoms with Crippen LogP contribution in [0.1, 0.15) is 21.7 Å². The van der Waals surface area contributed by atoms with E-state index in [1.54, 1.807) is 29.8 Å². The van der Waals surface area contributed by atoms with Crippen LogP contribution < -0.4 is 20.1 Å². The minimum absolute atomic E-state index is 0.0884. The van der Waals surface area contributed by atoms with Crippen molar-refractivity contribution < 1.29 is 19.1 Å². The minimum Gasteiger partial charge on any atom is -0.454 e. The summed E-state index contributed by atoms with van der Waals surface area (Å²) in [4.78, 5) is 24.5. The van der Waals surface area contributed by atoms with Gasteiger partial charge in [0.15, 0.2) is 22.5 Å². The standard InChI is InChI=1S/C21H21N5O4S/c1-26-18(11-23-20(28)15-7-8-16-17(9-15)30-13-29-16)24-25-21(26)31-12-19(27)22-10-14-5-3-2-4-6-14/h2-9H,10-13H2,1H3,(H,22,27)(H,23,28). The third-order valence-corrected chi connectivity index (χ3v) is 5.65. The molecule has 0 spiro atoms. The molecule has 0 atom stereocenters. The zero-order chi connectivity index (χ0) is 21.6. The SMILES string of the molecule is Cn1c(CNC(=O)c2ccc3c(c2)OCO3)nnc1SCC(=O)NCc1ccccc1. The summed E-state index contributed by atoms with van der Waals surface area (Å²) < 4.78 is 12.3. The Morgan fingerprint density at radius 2 is 1.84 bits per heavy atom. The highest BCUT2D eigenvalue weighted by atomic mass is 32.2. The molecule has 160 valence electrons. The molecule has 9 nitrogen and oxygen atoms in total. The van der Waals surface area contributed by atoms with Crippen LogP contribution in [0.15, 0.2) is 53.7 Å². The van der Waals surface area contributed by atoms with E-state index in [1.165, 1.54) is 11.8 Å². The molecule has 0 saturated heterocycles. The zero-order valence-electron chi connectivity index (χ0n) is 16.8. The molecule has 0 radical (unpaired) electrons. The summed E-state index contributed by atoms with van der Waals surface area (Å²) in [6, 6.07) is 14.7. The van der Waals surface area contributed by atoms with Crippen LogP contribution in [0.4, 0.5) is 0 Å². The third kappa shape index (κ3) is 5.15. The summed E-state index contributed by atoms with van der Waals surface area (Å²) in [5.41, 5.74) is 1.51. The van der Waals surface area contributed by atoms with Gasteiger partial charge in [-0.3, -0.25) is 9.59 Å². The number of rotatable bonds is 8. The van der Waals surface area contributed by atoms with Gasteiger partial charge in [-0.15, -0.1) is 10.2 Å². The van der Waals surface area contributed by atoms with Crippen molar-refractivity contribution in [2.45, 2.75) is 18.2 Å². The Bertz CT molecular complexity index is 1090. The van der Waals surface area contributed by atoms with E-state index in [2.05, 4.69) is 20.8 Å². The largest absolute Gasteiger partial charge is 0.454 e. The van der Waals surface area contributed by atoms with Gasteiger partial charge in [-0.05, 0) is 23.8 Å². The van der Waals surface area contributed by atoms with Crippen LogP contribution in [0.2, 0.25) is 0 Å². The second-order valence-electron chi connectivity index (χ2n) is 6.76. The highest BCUT2D eigenvalue weighted by Crippen LogP contribution is 2.32. The van der Waals surface area contributed by atoms with Gasteiger partial charge >= 0.3 is 0 Å². The zero-order valence-corrected chi connectivity index (χ0v) is 17.6. The summed E-state index contributed by atoms with van der Waals surface area (Å²) in [6.07, 6.45) is 0. The minimum atomic E-state index is -0.254. The molecule has 31 heavy (non-hydrogen) atoms. The monoisotopic (exact) mass is 439 g/mol. The Labute approximate surface area is 183 Å². The first-order valence-electron chi connectivity index (χ1n) is 9.59. The van der Waals surface area contributed by atoms with Crippen molar-refractivity contribution in [1.29, 1.82) is 0 Å². The van der Waals surface area contributed by atoms with Gasteiger partial charge < -0.3 is 24.7 Å². The van der Waals surface area contributed by atoms with Gasteiger partial charge in [-0.2, -0.15) is 0 Å². The molecule has 2 N–H and O–H groups in total. The lowest BCUT2D eigenvalue weighted by Gasteiger charge is -2.07. The van der Waals surface area contributed by atoms with Gasteiger partial charge in [0.2, 0.25) is 12.7 Å². The molecule has 1 aliphatic heterocycles. The normalized spacial score (nSPS) is 11.9. The maximum Gasteiger partial charge on any atom is 0.251 e. The van der Waals surface area contributed by atoms with Crippen molar-refractivity contribution in [3.05, 3.63) is 65.5 Å². The van der Waals surface area contributed by atoms with Crippen LogP contribution in [-0.2, 0) is 24.9 Å². The maximum absolute atomic E-state index is 12.4. The number of fused-ring (bicyclic) bond motifs is 1. The average Bonchev–Trinajstić information content (AvgIpc) is 3.41. The lowest BCUT2D eigenvalue weighted by atomic mass is 10.2. The Morgan fingerprint density at radius 3 is 2.68 bits per heavy atom. The van der Waals surface area contributed by atoms with E-state index in [4.69, 9.17) is 9.47 Å². The second-order valence-corrected chi connectivity index (χ2v) is 7.70. The van der Waals surface area contributed by atoms with Crippen molar-refractivity contribution in [1.82, 2.24) is 25.4 Å². The Morgan fingerprint density at radius 1 is 1.03 bits per heavy atom. The van der Waals surface area contributed by atoms with E-state index in [0.29, 0.717) is 34.6 Å². The fraction of sp³-hybridized carbons (Fsp3) is 0.238. The number of benzene rings is 2. The number of aromatic nitrogens is 3. The number of amides is 2. The molecule has 4 rings (SSSR count). The highest BCUT2D eigenvalue weighted by molar-refractivity contribution is 7.99. The van der Waals surface area contributed by atoms with Gasteiger partial charge in [0.1, 0.15) is 0 Å². The summed E-state index contributed by atoms with van der Waals surface area (Å²) in [7, 11) is 1.80. The molecular formula is C21H21N5O4S. The molecule has 2 amide bonds. The predicted octanol–water partition coefficient (Wildman–Crippen LogP) is 1.88. The fourth-order valence-electron chi connectivity index (χ4n) is 2.90. The molecule has 10 heteroatoms. The highest BCUT2D eigenvalue weighted by Gasteiger charge is 2.17. The first kappa shape index (κ1) is 20.7. The maximum atomic E-state index is 12.4. The molecule has 0 fully saturated rings. The molecule has 1 aromatic heterocycles. The number of hydrogen-bond acceptors (Lipinski definition) is 7. The topological polar surface area (TPSA) is 107 Å². The summed E-state index contributed by atoms with van der Waals surface area (Å²) in [5, 5.41) is 14.5. The Kier molecular flexibility index (Phi) is 6.37. The predicted molar refractivity (Wildman–Crippen MR) is 114 cm³/mol. The second kappa shape index (κ2) is 9.52. The van der Waals surface area contributed by atoms with Gasteiger partial charge in [0.05, 0.1) is 12.3 Å². The van der Waals surface area contributed by atoms with Crippen molar-refractivity contribution in [3.8, 4) is 11.5 Å². The fourth-order valence-corrected chi connectivity index (χ4v) is 3.66. The Balaban J connectivity index is 1.26. The quantitative estimate of drug-likeness (QED) is 0.516. The summed E-state index contributed by atoms with van der Waals surface area (Å²) in [5.74, 6) is 1.64. The van der Waals surface area contributed by atoms with Crippen LogP contribution in [-0.4, -0.2) is 39.1 Å². The van der Waals surface area contributed by atoms with E-state index in [-0.39, 0.29) is 30.9 Å². The van der Waals surface area contributed by atoms with Crippen molar-refractivity contribution in [3.63, 3.8) is 0 Å². The molecule has 2 aromatic carbocycles. The molecule has 2 heterocycles. The van der Waals surface area contributed by atoms with Crippen molar-refractivity contribution >= 4 is 23.6 Å². The number of thioether (sulfide) groups is 1. The van der Waals surface area contributed by atoms with Crippen molar-refractivity contribution in [2.75, 3.05) is 12.5 Å². The number of hydrogen-bond donors (Lipinski definition) is 2. The molecule has 0 saturated carbocycles. The number of carbonyl (C=O) groups excluding carboxylic acids is 2. The smallest absolute Gasteiger partial charge is 0.251 e. The van der Waals surface area contributed by atoms with Crippen LogP contribution >= 0.6 is 11.8 Å². The van der Waals surface area contributed by atoms with E-state index >= 15 is 0 Å². The number of carbonyl (C=O) groups is 2. The van der Waals surface area contributed by atoms with Crippen LogP contribution in [0.5, 0.6) is 11.5 Å². The van der Waals surface area contributed by atoms with Crippen molar-refractivity contribution in [2.24, 2.45) is 7.05 Å². The molecule has 0 bridgehead atoms. The van der Waals surface area contributed by atoms with Crippen LogP contribution in [0.25, 0.3) is 0 Å².